The molecule has 6 aliphatic heterocycles. The van der Waals surface area contributed by atoms with Crippen LogP contribution in [0.15, 0.2) is 12.2 Å². The number of ether oxygens (including phenoxy) is 8. The van der Waals surface area contributed by atoms with Crippen LogP contribution in [0.4, 0.5) is 4.79 Å². The van der Waals surface area contributed by atoms with Gasteiger partial charge in [0.25, 0.3) is 11.6 Å². The second-order valence-electron chi connectivity index (χ2n) is 28.2. The smallest absolute Gasteiger partial charge is 0.364 e. The first-order chi connectivity index (χ1) is 50.5. The lowest BCUT2D eigenvalue weighted by Crippen LogP contribution is -2.72. The van der Waals surface area contributed by atoms with E-state index in [-0.39, 0.29) is 30.4 Å². The number of aliphatic carboxylic acids is 2. The van der Waals surface area contributed by atoms with Crippen molar-refractivity contribution >= 4 is 53.4 Å². The van der Waals surface area contributed by atoms with E-state index in [9.17, 15) is 115 Å². The first-order valence-electron chi connectivity index (χ1n) is 36.9. The van der Waals surface area contributed by atoms with Crippen LogP contribution in [0.5, 0.6) is 0 Å². The standard InChI is InChI=1S/C68H116N6O31S/c1-4-5-6-7-8-9-10-11-12-13-14-15-17-22-39(81)37(72-48(86)25-18-16-21-26-69-47(85)24-20-19-23-46-49-38(34-106-46)73-66(97)74-49)33-98-62-56(91)55(90)58(45(32-78)100-62)101-63-57(92)61(53(88)43(30-76)99-63)105-68(65(95)96)28-41(83)51(71-36(3)80)60(104-68)54(89)44(31-77)102-67(64(93)94)27-40(82)50(70-35(2)79)59(103-67)52(87)42(84)29-75/h17,22,37-46,49-63,75-78,81-84,87-92H,4-16,18-21,23-34H2,1-3H3,(H,69,85)(H,70,79)(H,71,80)(H,72,86)(H,93,94)(H,95,96)(H2,73,74,97). The van der Waals surface area contributed by atoms with Crippen LogP contribution in [0.2, 0.25) is 0 Å². The van der Waals surface area contributed by atoms with E-state index in [2.05, 4.69) is 38.8 Å². The van der Waals surface area contributed by atoms with Crippen LogP contribution < -0.4 is 31.9 Å². The summed E-state index contributed by atoms with van der Waals surface area (Å²) in [6, 6.07) is -4.76. The Labute approximate surface area is 619 Å². The molecule has 0 aromatic heterocycles. The van der Waals surface area contributed by atoms with Gasteiger partial charge in [0.1, 0.15) is 85.5 Å². The van der Waals surface area contributed by atoms with E-state index < -0.39 is 222 Å². The van der Waals surface area contributed by atoms with Gasteiger partial charge in [-0.1, -0.05) is 96.1 Å². The van der Waals surface area contributed by atoms with E-state index in [0.29, 0.717) is 50.3 Å². The van der Waals surface area contributed by atoms with Crippen LogP contribution in [0.25, 0.3) is 0 Å². The van der Waals surface area contributed by atoms with Crippen molar-refractivity contribution in [1.82, 2.24) is 31.9 Å². The minimum absolute atomic E-state index is 0.00889. The quantitative estimate of drug-likeness (QED) is 0.0155. The number of allylic oxidation sites excluding steroid dienone is 1. The zero-order chi connectivity index (χ0) is 78.0. The lowest BCUT2D eigenvalue weighted by Gasteiger charge is -2.51. The van der Waals surface area contributed by atoms with Crippen LogP contribution in [-0.2, 0) is 66.7 Å². The molecule has 37 nitrogen and oxygen atoms in total. The molecule has 27 unspecified atom stereocenters. The molecule has 0 saturated carbocycles. The minimum atomic E-state index is -3.41. The van der Waals surface area contributed by atoms with Gasteiger partial charge < -0.3 is 152 Å². The number of nitrogens with one attached hydrogen (secondary N) is 6. The molecule has 6 aliphatic rings. The highest BCUT2D eigenvalue weighted by atomic mass is 32.2. The van der Waals surface area contributed by atoms with Crippen molar-refractivity contribution in [2.75, 3.05) is 45.3 Å². The molecular formula is C68H116N6O31S. The minimum Gasteiger partial charge on any atom is -0.477 e. The maximum atomic E-state index is 13.6. The summed E-state index contributed by atoms with van der Waals surface area (Å²) in [5, 5.41) is 194. The van der Waals surface area contributed by atoms with Gasteiger partial charge in [0.15, 0.2) is 12.6 Å². The molecule has 0 spiro atoms. The summed E-state index contributed by atoms with van der Waals surface area (Å²) in [5.74, 6) is -12.5. The summed E-state index contributed by atoms with van der Waals surface area (Å²) in [6.07, 6.45) is -22.4. The fourth-order valence-electron chi connectivity index (χ4n) is 14.1. The molecule has 27 atom stereocenters. The van der Waals surface area contributed by atoms with Gasteiger partial charge in [-0.15, -0.1) is 0 Å². The molecule has 6 fully saturated rings. The van der Waals surface area contributed by atoms with Crippen LogP contribution in [0, 0.1) is 0 Å². The number of unbranched alkanes of at least 4 members (excludes halogenated alkanes) is 14. The highest BCUT2D eigenvalue weighted by molar-refractivity contribution is 8.00. The van der Waals surface area contributed by atoms with E-state index in [1.54, 1.807) is 6.08 Å². The zero-order valence-corrected chi connectivity index (χ0v) is 61.1. The number of aliphatic hydroxyl groups excluding tert-OH is 14. The van der Waals surface area contributed by atoms with E-state index in [1.807, 2.05) is 11.8 Å². The van der Waals surface area contributed by atoms with Crippen molar-refractivity contribution in [3.05, 3.63) is 12.2 Å². The van der Waals surface area contributed by atoms with Crippen LogP contribution >= 0.6 is 11.8 Å². The van der Waals surface area contributed by atoms with Gasteiger partial charge in [-0.2, -0.15) is 11.8 Å². The number of rotatable bonds is 47. The fraction of sp³-hybridized carbons (Fsp3) is 0.868. The third-order valence-electron chi connectivity index (χ3n) is 19.9. The van der Waals surface area contributed by atoms with Crippen molar-refractivity contribution in [2.45, 2.75) is 325 Å². The van der Waals surface area contributed by atoms with E-state index >= 15 is 0 Å². The van der Waals surface area contributed by atoms with Gasteiger partial charge in [-0.25, -0.2) is 14.4 Å². The fourth-order valence-corrected chi connectivity index (χ4v) is 15.6. The molecule has 0 aromatic rings. The second kappa shape index (κ2) is 44.4. The second-order valence-corrected chi connectivity index (χ2v) is 29.5. The maximum Gasteiger partial charge on any atom is 0.364 e. The monoisotopic (exact) mass is 1540 g/mol. The van der Waals surface area contributed by atoms with Crippen LogP contribution in [-0.4, -0.2) is 332 Å². The first kappa shape index (κ1) is 90.2. The number of carbonyl (C=O) groups excluding carboxylic acids is 5. The van der Waals surface area contributed by atoms with Crippen LogP contribution in [0.3, 0.4) is 0 Å². The molecule has 6 amide bonds. The SMILES string of the molecule is CCCCCCCCCCCCCC=CC(O)C(COC1OC(CO)C(OC2OC(CO)C(O)C(OC3(C(=O)O)CC(O)C(NC(C)=O)C(C(O)C(CO)OC4(C(=O)O)CC(O)C(NC(C)=O)C(C(O)C(O)CO)O4)O3)C2O)C(O)C1O)NC(=O)CCCCCNC(=O)CCCCC1SCC2NC(=O)NC21. The number of carbonyl (C=O) groups is 7. The molecule has 22 N–H and O–H groups in total. The van der Waals surface area contributed by atoms with Gasteiger partial charge in [-0.05, 0) is 38.5 Å². The van der Waals surface area contributed by atoms with Crippen molar-refractivity contribution < 1.29 is 153 Å². The number of amides is 6. The predicted molar refractivity (Wildman–Crippen MR) is 369 cm³/mol. The van der Waals surface area contributed by atoms with Crippen molar-refractivity contribution in [3.63, 3.8) is 0 Å². The summed E-state index contributed by atoms with van der Waals surface area (Å²) in [7, 11) is 0. The average Bonchev–Trinajstić information content (AvgIpc) is 1.47. The average molecular weight is 1550 g/mol. The summed E-state index contributed by atoms with van der Waals surface area (Å²) >= 11 is 1.82. The Bertz CT molecular complexity index is 2760. The Balaban J connectivity index is 1.11. The number of aliphatic hydroxyl groups is 14. The molecule has 6 rings (SSSR count). The molecule has 6 heterocycles. The zero-order valence-electron chi connectivity index (χ0n) is 60.3. The maximum absolute atomic E-state index is 13.6. The highest BCUT2D eigenvalue weighted by Crippen LogP contribution is 2.41. The Morgan fingerprint density at radius 2 is 1.21 bits per heavy atom. The van der Waals surface area contributed by atoms with E-state index in [0.717, 1.165) is 64.5 Å². The van der Waals surface area contributed by atoms with Gasteiger partial charge in [0.2, 0.25) is 23.6 Å². The number of fused-ring (bicyclic) bond motifs is 1. The molecule has 0 aliphatic carbocycles. The summed E-state index contributed by atoms with van der Waals surface area (Å²) in [4.78, 5) is 89.3. The van der Waals surface area contributed by atoms with E-state index in [1.165, 1.54) is 44.6 Å². The normalized spacial score (nSPS) is 34.2. The molecule has 106 heavy (non-hydrogen) atoms. The van der Waals surface area contributed by atoms with Crippen molar-refractivity contribution in [2.24, 2.45) is 0 Å². The topological polar surface area (TPSA) is 589 Å². The van der Waals surface area contributed by atoms with Crippen LogP contribution in [0.1, 0.15) is 162 Å². The molecule has 6 saturated heterocycles. The summed E-state index contributed by atoms with van der Waals surface area (Å²) in [6.45, 7) is -0.912. The Morgan fingerprint density at radius 3 is 1.80 bits per heavy atom. The molecule has 0 radical (unpaired) electrons. The van der Waals surface area contributed by atoms with Crippen molar-refractivity contribution in [3.8, 4) is 0 Å². The number of carboxylic acid groups (broad SMARTS) is 2. The van der Waals surface area contributed by atoms with Gasteiger partial charge in [-0.3, -0.25) is 19.2 Å². The summed E-state index contributed by atoms with van der Waals surface area (Å²) in [5.41, 5.74) is 0. The molecular weight excluding hydrogens is 1430 g/mol. The number of thioether (sulfide) groups is 1. The van der Waals surface area contributed by atoms with Crippen molar-refractivity contribution in [1.29, 1.82) is 0 Å². The lowest BCUT2D eigenvalue weighted by atomic mass is 9.87. The number of urea groups is 1. The van der Waals surface area contributed by atoms with Gasteiger partial charge in [0, 0.05) is 57.1 Å². The summed E-state index contributed by atoms with van der Waals surface area (Å²) < 4.78 is 46.3. The highest BCUT2D eigenvalue weighted by Gasteiger charge is 2.63. The Morgan fingerprint density at radius 1 is 0.642 bits per heavy atom. The largest absolute Gasteiger partial charge is 0.477 e. The molecule has 610 valence electrons. The van der Waals surface area contributed by atoms with Gasteiger partial charge in [0.05, 0.1) is 81.6 Å². The van der Waals surface area contributed by atoms with Gasteiger partial charge >= 0.3 is 18.0 Å². The Hall–Kier alpha value is -4.70. The molecule has 0 aromatic carbocycles. The first-order valence-corrected chi connectivity index (χ1v) is 38.0. The molecule has 38 heteroatoms. The number of carboxylic acids is 2. The number of hydrogen-bond donors (Lipinski definition) is 22. The third-order valence-corrected chi connectivity index (χ3v) is 21.5. The third kappa shape index (κ3) is 25.4. The Kier molecular flexibility index (Phi) is 37.8. The molecule has 0 bridgehead atoms. The predicted octanol–water partition coefficient (Wildman–Crippen LogP) is -4.52. The number of hydrogen-bond acceptors (Lipinski definition) is 30. The lowest BCUT2D eigenvalue weighted by molar-refractivity contribution is -0.388. The van der Waals surface area contributed by atoms with E-state index in [4.69, 9.17) is 37.9 Å².